The van der Waals surface area contributed by atoms with Gasteiger partial charge < -0.3 is 16.6 Å². The number of aromatic hydroxyl groups is 1. The first-order chi connectivity index (χ1) is 6.56. The van der Waals surface area contributed by atoms with Gasteiger partial charge in [-0.25, -0.2) is 0 Å². The van der Waals surface area contributed by atoms with Gasteiger partial charge in [-0.05, 0) is 25.1 Å². The molecule has 1 aromatic rings. The molecular formula is C9H12Cl2N2O. The van der Waals surface area contributed by atoms with Crippen LogP contribution in [0.4, 0.5) is 0 Å². The fraction of sp³-hybridized carbons (Fsp3) is 0.333. The van der Waals surface area contributed by atoms with Crippen molar-refractivity contribution in [3.05, 3.63) is 27.7 Å². The van der Waals surface area contributed by atoms with Gasteiger partial charge in [-0.1, -0.05) is 23.2 Å². The van der Waals surface area contributed by atoms with Crippen molar-refractivity contribution >= 4 is 23.2 Å². The predicted octanol–water partition coefficient (Wildman–Crippen LogP) is 2.05. The lowest BCUT2D eigenvalue weighted by molar-refractivity contribution is 0.459. The number of hydrogen-bond acceptors (Lipinski definition) is 3. The third-order valence-corrected chi connectivity index (χ3v) is 2.45. The Morgan fingerprint density at radius 2 is 2.00 bits per heavy atom. The molecule has 0 saturated heterocycles. The number of halogens is 2. The molecule has 0 aliphatic heterocycles. The molecule has 0 radical (unpaired) electrons. The lowest BCUT2D eigenvalue weighted by Crippen LogP contribution is -2.15. The van der Waals surface area contributed by atoms with Gasteiger partial charge in [0.15, 0.2) is 0 Å². The highest BCUT2D eigenvalue weighted by Crippen LogP contribution is 2.34. The first kappa shape index (κ1) is 11.6. The molecule has 78 valence electrons. The summed E-state index contributed by atoms with van der Waals surface area (Å²) in [7, 11) is 0. The maximum atomic E-state index is 9.58. The van der Waals surface area contributed by atoms with Crippen molar-refractivity contribution in [2.24, 2.45) is 11.5 Å². The topological polar surface area (TPSA) is 72.3 Å². The van der Waals surface area contributed by atoms with E-state index in [1.807, 2.05) is 0 Å². The first-order valence-corrected chi connectivity index (χ1v) is 4.95. The molecule has 3 nitrogen and oxygen atoms in total. The minimum atomic E-state index is -0.357. The van der Waals surface area contributed by atoms with Crippen LogP contribution in [0.15, 0.2) is 12.1 Å². The third kappa shape index (κ3) is 2.51. The van der Waals surface area contributed by atoms with Crippen molar-refractivity contribution in [2.45, 2.75) is 12.5 Å². The first-order valence-electron chi connectivity index (χ1n) is 4.19. The van der Waals surface area contributed by atoms with Crippen molar-refractivity contribution in [1.29, 1.82) is 0 Å². The van der Waals surface area contributed by atoms with Crippen LogP contribution in [0.2, 0.25) is 10.0 Å². The number of phenolic OH excluding ortho intramolecular Hbond substituents is 1. The second-order valence-electron chi connectivity index (χ2n) is 3.00. The molecule has 14 heavy (non-hydrogen) atoms. The average Bonchev–Trinajstić information content (AvgIpc) is 2.01. The average molecular weight is 235 g/mol. The highest BCUT2D eigenvalue weighted by Gasteiger charge is 2.15. The summed E-state index contributed by atoms with van der Waals surface area (Å²) in [5.41, 5.74) is 11.7. The van der Waals surface area contributed by atoms with Gasteiger partial charge in [0.2, 0.25) is 0 Å². The van der Waals surface area contributed by atoms with E-state index in [9.17, 15) is 5.11 Å². The summed E-state index contributed by atoms with van der Waals surface area (Å²) in [6, 6.07) is 2.61. The Hall–Kier alpha value is -0.480. The fourth-order valence-corrected chi connectivity index (χ4v) is 1.88. The zero-order chi connectivity index (χ0) is 10.7. The number of rotatable bonds is 3. The molecule has 0 spiro atoms. The smallest absolute Gasteiger partial charge is 0.123 e. The Balaban J connectivity index is 3.07. The van der Waals surface area contributed by atoms with E-state index < -0.39 is 0 Å². The molecule has 1 aromatic carbocycles. The molecule has 0 unspecified atom stereocenters. The van der Waals surface area contributed by atoms with Gasteiger partial charge in [0.1, 0.15) is 5.75 Å². The van der Waals surface area contributed by atoms with Crippen LogP contribution >= 0.6 is 23.2 Å². The van der Waals surface area contributed by atoms with Crippen LogP contribution in [0.5, 0.6) is 5.75 Å². The van der Waals surface area contributed by atoms with E-state index in [-0.39, 0.29) is 11.8 Å². The standard InChI is InChI=1S/C9H12Cl2N2O/c10-5-3-6(11)9(8(14)4-5)7(13)1-2-12/h3-4,7,14H,1-2,12-13H2/t7-/m0/s1. The number of benzene rings is 1. The lowest BCUT2D eigenvalue weighted by Gasteiger charge is -2.14. The summed E-state index contributed by atoms with van der Waals surface area (Å²) < 4.78 is 0. The van der Waals surface area contributed by atoms with Crippen LogP contribution in [0, 0.1) is 0 Å². The number of nitrogens with two attached hydrogens (primary N) is 2. The Morgan fingerprint density at radius 1 is 1.36 bits per heavy atom. The normalized spacial score (nSPS) is 12.9. The number of phenols is 1. The Bertz CT molecular complexity index is 308. The van der Waals surface area contributed by atoms with Gasteiger partial charge in [0.25, 0.3) is 0 Å². The highest BCUT2D eigenvalue weighted by atomic mass is 35.5. The quantitative estimate of drug-likeness (QED) is 0.750. The Morgan fingerprint density at radius 3 is 2.50 bits per heavy atom. The summed E-state index contributed by atoms with van der Waals surface area (Å²) in [6.45, 7) is 0.444. The molecule has 0 aliphatic rings. The van der Waals surface area contributed by atoms with Gasteiger partial charge in [0, 0.05) is 16.6 Å². The zero-order valence-electron chi connectivity index (χ0n) is 7.50. The van der Waals surface area contributed by atoms with Crippen molar-refractivity contribution in [2.75, 3.05) is 6.54 Å². The minimum absolute atomic E-state index is 0.0171. The lowest BCUT2D eigenvalue weighted by atomic mass is 10.0. The molecule has 0 amide bonds. The molecule has 0 saturated carbocycles. The summed E-state index contributed by atoms with van der Waals surface area (Å²) in [6.07, 6.45) is 0.564. The summed E-state index contributed by atoms with van der Waals surface area (Å²) >= 11 is 11.6. The molecule has 5 heteroatoms. The van der Waals surface area contributed by atoms with Crippen LogP contribution in [0.3, 0.4) is 0 Å². The van der Waals surface area contributed by atoms with E-state index in [1.54, 1.807) is 6.07 Å². The molecule has 0 aromatic heterocycles. The van der Waals surface area contributed by atoms with E-state index in [0.29, 0.717) is 28.6 Å². The van der Waals surface area contributed by atoms with Crippen molar-refractivity contribution in [1.82, 2.24) is 0 Å². The number of hydrogen-bond donors (Lipinski definition) is 3. The molecular weight excluding hydrogens is 223 g/mol. The third-order valence-electron chi connectivity index (χ3n) is 1.92. The van der Waals surface area contributed by atoms with E-state index in [2.05, 4.69) is 0 Å². The second-order valence-corrected chi connectivity index (χ2v) is 3.85. The van der Waals surface area contributed by atoms with E-state index in [1.165, 1.54) is 6.07 Å². The van der Waals surface area contributed by atoms with Crippen molar-refractivity contribution in [3.63, 3.8) is 0 Å². The molecule has 0 aliphatic carbocycles. The molecule has 0 fully saturated rings. The highest BCUT2D eigenvalue weighted by molar-refractivity contribution is 6.35. The van der Waals surface area contributed by atoms with Crippen LogP contribution in [-0.4, -0.2) is 11.7 Å². The van der Waals surface area contributed by atoms with Gasteiger partial charge in [-0.15, -0.1) is 0 Å². The minimum Gasteiger partial charge on any atom is -0.508 e. The molecule has 1 atom stereocenters. The summed E-state index contributed by atoms with van der Waals surface area (Å²) in [4.78, 5) is 0. The van der Waals surface area contributed by atoms with Crippen LogP contribution in [0.1, 0.15) is 18.0 Å². The molecule has 1 rings (SSSR count). The largest absolute Gasteiger partial charge is 0.508 e. The molecule has 0 heterocycles. The van der Waals surface area contributed by atoms with Crippen LogP contribution in [-0.2, 0) is 0 Å². The second kappa shape index (κ2) is 4.84. The van der Waals surface area contributed by atoms with Crippen molar-refractivity contribution < 1.29 is 5.11 Å². The van der Waals surface area contributed by atoms with Crippen molar-refractivity contribution in [3.8, 4) is 5.75 Å². The maximum absolute atomic E-state index is 9.58. The van der Waals surface area contributed by atoms with E-state index in [4.69, 9.17) is 34.7 Å². The summed E-state index contributed by atoms with van der Waals surface area (Å²) in [5, 5.41) is 10.3. The molecule has 5 N–H and O–H groups in total. The van der Waals surface area contributed by atoms with Gasteiger partial charge in [-0.3, -0.25) is 0 Å². The van der Waals surface area contributed by atoms with Crippen LogP contribution in [0.25, 0.3) is 0 Å². The van der Waals surface area contributed by atoms with Crippen LogP contribution < -0.4 is 11.5 Å². The fourth-order valence-electron chi connectivity index (χ4n) is 1.26. The van der Waals surface area contributed by atoms with Gasteiger partial charge in [0.05, 0.1) is 5.02 Å². The molecule has 0 bridgehead atoms. The Labute approximate surface area is 92.6 Å². The Kier molecular flexibility index (Phi) is 4.01. The van der Waals surface area contributed by atoms with Gasteiger partial charge in [-0.2, -0.15) is 0 Å². The predicted molar refractivity (Wildman–Crippen MR) is 58.7 cm³/mol. The van der Waals surface area contributed by atoms with Gasteiger partial charge >= 0.3 is 0 Å². The maximum Gasteiger partial charge on any atom is 0.123 e. The van der Waals surface area contributed by atoms with E-state index >= 15 is 0 Å². The monoisotopic (exact) mass is 234 g/mol. The zero-order valence-corrected chi connectivity index (χ0v) is 9.02. The van der Waals surface area contributed by atoms with E-state index in [0.717, 1.165) is 0 Å². The SMILES string of the molecule is NCC[C@H](N)c1c(O)cc(Cl)cc1Cl. The summed E-state index contributed by atoms with van der Waals surface area (Å²) in [5.74, 6) is 0.0171.